The van der Waals surface area contributed by atoms with Gasteiger partial charge in [0.1, 0.15) is 11.2 Å². The van der Waals surface area contributed by atoms with Crippen LogP contribution in [-0.4, -0.2) is 23.4 Å². The van der Waals surface area contributed by atoms with Crippen LogP contribution in [0, 0.1) is 13.8 Å². The summed E-state index contributed by atoms with van der Waals surface area (Å²) >= 11 is 0. The van der Waals surface area contributed by atoms with Gasteiger partial charge in [-0.15, -0.1) is 0 Å². The van der Waals surface area contributed by atoms with Crippen LogP contribution in [0.3, 0.4) is 0 Å². The van der Waals surface area contributed by atoms with Crippen molar-refractivity contribution in [2.75, 3.05) is 5.01 Å². The zero-order valence-electron chi connectivity index (χ0n) is 15.8. The van der Waals surface area contributed by atoms with Gasteiger partial charge in [0.25, 0.3) is 0 Å². The van der Waals surface area contributed by atoms with E-state index in [2.05, 4.69) is 5.43 Å². The molecular formula is C18H28N2O4. The third-order valence-corrected chi connectivity index (χ3v) is 2.99. The summed E-state index contributed by atoms with van der Waals surface area (Å²) in [5, 5.41) is 1.08. The number of benzene rings is 1. The van der Waals surface area contributed by atoms with Gasteiger partial charge in [0.15, 0.2) is 0 Å². The molecule has 0 aliphatic carbocycles. The van der Waals surface area contributed by atoms with Gasteiger partial charge in [-0.1, -0.05) is 12.1 Å². The van der Waals surface area contributed by atoms with Gasteiger partial charge in [0, 0.05) is 0 Å². The van der Waals surface area contributed by atoms with Crippen LogP contribution >= 0.6 is 0 Å². The standard InChI is InChI=1S/C18H28N2O4/c1-12-10-9-11-14(13(12)2)20(16(22)24-18(6,7)8)19-15(21)23-17(3,4)5/h9-11H,1-8H3,(H,19,21). The van der Waals surface area contributed by atoms with Crippen LogP contribution in [-0.2, 0) is 9.47 Å². The number of rotatable bonds is 1. The summed E-state index contributed by atoms with van der Waals surface area (Å²) in [6.45, 7) is 14.4. The molecule has 1 rings (SSSR count). The van der Waals surface area contributed by atoms with E-state index in [9.17, 15) is 9.59 Å². The summed E-state index contributed by atoms with van der Waals surface area (Å²) in [7, 11) is 0. The van der Waals surface area contributed by atoms with Gasteiger partial charge in [-0.3, -0.25) is 0 Å². The Bertz CT molecular complexity index is 612. The molecule has 2 amide bonds. The third-order valence-electron chi connectivity index (χ3n) is 2.99. The maximum absolute atomic E-state index is 12.6. The first-order valence-corrected chi connectivity index (χ1v) is 7.89. The fourth-order valence-electron chi connectivity index (χ4n) is 1.88. The maximum atomic E-state index is 12.6. The van der Waals surface area contributed by atoms with Crippen LogP contribution in [0.15, 0.2) is 18.2 Å². The number of ether oxygens (including phenoxy) is 2. The van der Waals surface area contributed by atoms with Crippen molar-refractivity contribution in [1.29, 1.82) is 0 Å². The van der Waals surface area contributed by atoms with Crippen LogP contribution in [0.5, 0.6) is 0 Å². The first kappa shape index (κ1) is 19.8. The molecule has 24 heavy (non-hydrogen) atoms. The molecule has 0 unspecified atom stereocenters. The molecule has 6 nitrogen and oxygen atoms in total. The summed E-state index contributed by atoms with van der Waals surface area (Å²) in [4.78, 5) is 24.7. The van der Waals surface area contributed by atoms with Crippen molar-refractivity contribution in [2.45, 2.75) is 66.6 Å². The Hall–Kier alpha value is -2.24. The van der Waals surface area contributed by atoms with Crippen LogP contribution < -0.4 is 10.4 Å². The fourth-order valence-corrected chi connectivity index (χ4v) is 1.88. The lowest BCUT2D eigenvalue weighted by molar-refractivity contribution is 0.0425. The van der Waals surface area contributed by atoms with Crippen molar-refractivity contribution < 1.29 is 19.1 Å². The number of anilines is 1. The Kier molecular flexibility index (Phi) is 5.87. The summed E-state index contributed by atoms with van der Waals surface area (Å²) in [5.41, 5.74) is 3.50. The van der Waals surface area contributed by atoms with E-state index in [0.717, 1.165) is 16.1 Å². The number of hydrogen-bond acceptors (Lipinski definition) is 4. The van der Waals surface area contributed by atoms with E-state index in [1.165, 1.54) is 0 Å². The molecule has 0 spiro atoms. The topological polar surface area (TPSA) is 67.9 Å². The fraction of sp³-hybridized carbons (Fsp3) is 0.556. The van der Waals surface area contributed by atoms with E-state index < -0.39 is 23.4 Å². The molecule has 0 saturated carbocycles. The van der Waals surface area contributed by atoms with E-state index in [1.807, 2.05) is 26.0 Å². The minimum Gasteiger partial charge on any atom is -0.443 e. The normalized spacial score (nSPS) is 11.7. The summed E-state index contributed by atoms with van der Waals surface area (Å²) in [6, 6.07) is 5.48. The predicted molar refractivity (Wildman–Crippen MR) is 94.0 cm³/mol. The third kappa shape index (κ3) is 6.10. The Balaban J connectivity index is 3.15. The lowest BCUT2D eigenvalue weighted by Gasteiger charge is -2.29. The van der Waals surface area contributed by atoms with Gasteiger partial charge >= 0.3 is 12.2 Å². The van der Waals surface area contributed by atoms with Crippen LogP contribution in [0.25, 0.3) is 0 Å². The molecule has 1 aromatic rings. The molecule has 0 aromatic heterocycles. The highest BCUT2D eigenvalue weighted by molar-refractivity contribution is 5.91. The number of hydrazine groups is 1. The number of hydrogen-bond donors (Lipinski definition) is 1. The number of carbonyl (C=O) groups is 2. The average Bonchev–Trinajstić information content (AvgIpc) is 2.35. The number of nitrogens with one attached hydrogen (secondary N) is 1. The zero-order valence-corrected chi connectivity index (χ0v) is 15.8. The molecular weight excluding hydrogens is 308 g/mol. The molecule has 0 atom stereocenters. The molecule has 6 heteroatoms. The van der Waals surface area contributed by atoms with Gasteiger partial charge < -0.3 is 9.47 Å². The number of amides is 2. The Morgan fingerprint density at radius 2 is 1.50 bits per heavy atom. The number of aryl methyl sites for hydroxylation is 1. The second-order valence-corrected chi connectivity index (χ2v) is 7.65. The van der Waals surface area contributed by atoms with Crippen molar-refractivity contribution in [3.8, 4) is 0 Å². The second kappa shape index (κ2) is 7.11. The van der Waals surface area contributed by atoms with Crippen molar-refractivity contribution in [1.82, 2.24) is 5.43 Å². The second-order valence-electron chi connectivity index (χ2n) is 7.65. The molecule has 1 N–H and O–H groups in total. The van der Waals surface area contributed by atoms with E-state index in [4.69, 9.17) is 9.47 Å². The van der Waals surface area contributed by atoms with Crippen LogP contribution in [0.2, 0.25) is 0 Å². The molecule has 134 valence electrons. The van der Waals surface area contributed by atoms with Crippen molar-refractivity contribution >= 4 is 17.9 Å². The van der Waals surface area contributed by atoms with Crippen LogP contribution in [0.4, 0.5) is 15.3 Å². The molecule has 0 fully saturated rings. The van der Waals surface area contributed by atoms with E-state index >= 15 is 0 Å². The summed E-state index contributed by atoms with van der Waals surface area (Å²) < 4.78 is 10.6. The van der Waals surface area contributed by atoms with E-state index in [1.54, 1.807) is 47.6 Å². The lowest BCUT2D eigenvalue weighted by Crippen LogP contribution is -2.50. The largest absolute Gasteiger partial charge is 0.443 e. The Morgan fingerprint density at radius 1 is 0.958 bits per heavy atom. The van der Waals surface area contributed by atoms with Gasteiger partial charge in [-0.05, 0) is 72.6 Å². The molecule has 0 saturated heterocycles. The molecule has 0 bridgehead atoms. The molecule has 1 aromatic carbocycles. The number of nitrogens with zero attached hydrogens (tertiary/aromatic N) is 1. The smallest absolute Gasteiger partial charge is 0.434 e. The highest BCUT2D eigenvalue weighted by Crippen LogP contribution is 2.23. The predicted octanol–water partition coefficient (Wildman–Crippen LogP) is 4.48. The Labute approximate surface area is 144 Å². The first-order valence-electron chi connectivity index (χ1n) is 7.89. The maximum Gasteiger partial charge on any atom is 0.434 e. The van der Waals surface area contributed by atoms with Crippen LogP contribution in [0.1, 0.15) is 52.7 Å². The van der Waals surface area contributed by atoms with Gasteiger partial charge in [0.05, 0.1) is 5.69 Å². The summed E-state index contributed by atoms with van der Waals surface area (Å²) in [5.74, 6) is 0. The number of carbonyl (C=O) groups excluding carboxylic acids is 2. The molecule has 0 aliphatic rings. The highest BCUT2D eigenvalue weighted by Gasteiger charge is 2.28. The monoisotopic (exact) mass is 336 g/mol. The van der Waals surface area contributed by atoms with Crippen molar-refractivity contribution in [3.63, 3.8) is 0 Å². The quantitative estimate of drug-likeness (QED) is 0.768. The molecule has 0 radical (unpaired) electrons. The van der Waals surface area contributed by atoms with Gasteiger partial charge in [-0.2, -0.15) is 5.01 Å². The first-order chi connectivity index (χ1) is 10.8. The highest BCUT2D eigenvalue weighted by atomic mass is 16.6. The minimum absolute atomic E-state index is 0.537. The van der Waals surface area contributed by atoms with Gasteiger partial charge in [-0.25, -0.2) is 15.0 Å². The Morgan fingerprint density at radius 3 is 2.00 bits per heavy atom. The average molecular weight is 336 g/mol. The molecule has 0 heterocycles. The SMILES string of the molecule is Cc1cccc(N(NC(=O)OC(C)(C)C)C(=O)OC(C)(C)C)c1C. The van der Waals surface area contributed by atoms with Crippen molar-refractivity contribution in [2.24, 2.45) is 0 Å². The zero-order chi connectivity index (χ0) is 18.7. The van der Waals surface area contributed by atoms with E-state index in [0.29, 0.717) is 5.69 Å². The molecule has 0 aliphatic heterocycles. The van der Waals surface area contributed by atoms with Crippen molar-refractivity contribution in [3.05, 3.63) is 29.3 Å². The lowest BCUT2D eigenvalue weighted by atomic mass is 10.1. The minimum atomic E-state index is -0.728. The van der Waals surface area contributed by atoms with E-state index in [-0.39, 0.29) is 0 Å². The van der Waals surface area contributed by atoms with Gasteiger partial charge in [0.2, 0.25) is 0 Å². The summed E-state index contributed by atoms with van der Waals surface area (Å²) in [6.07, 6.45) is -1.41.